The molecule has 0 saturated carbocycles. The van der Waals surface area contributed by atoms with Gasteiger partial charge < -0.3 is 10.2 Å². The number of oxime groups is 1. The van der Waals surface area contributed by atoms with Crippen molar-refractivity contribution < 1.29 is 22.8 Å². The summed E-state index contributed by atoms with van der Waals surface area (Å²) in [7, 11) is 0. The molecule has 2 heterocycles. The van der Waals surface area contributed by atoms with Crippen LogP contribution in [-0.4, -0.2) is 35.3 Å². The Morgan fingerprint density at radius 3 is 2.47 bits per heavy atom. The van der Waals surface area contributed by atoms with Crippen LogP contribution >= 0.6 is 35.0 Å². The quantitative estimate of drug-likeness (QED) is 0.546. The molecule has 1 atom stereocenters. The fraction of sp³-hybridized carbons (Fsp3) is 0.364. The molecule has 2 aliphatic heterocycles. The minimum atomic E-state index is -4.76. The zero-order valence-corrected chi connectivity index (χ0v) is 19.3. The Labute approximate surface area is 197 Å². The van der Waals surface area contributed by atoms with E-state index in [1.54, 1.807) is 30.0 Å². The van der Waals surface area contributed by atoms with Crippen LogP contribution in [0.15, 0.2) is 41.6 Å². The van der Waals surface area contributed by atoms with E-state index in [-0.39, 0.29) is 33.3 Å². The summed E-state index contributed by atoms with van der Waals surface area (Å²) in [5.74, 6) is 1.58. The summed E-state index contributed by atoms with van der Waals surface area (Å²) in [6, 6.07) is 8.80. The minimum absolute atomic E-state index is 0.0710. The lowest BCUT2D eigenvalue weighted by Crippen LogP contribution is -2.44. The Bertz CT molecular complexity index is 1070. The van der Waals surface area contributed by atoms with Crippen LogP contribution in [0.5, 0.6) is 0 Å². The molecule has 2 aromatic rings. The summed E-state index contributed by atoms with van der Waals surface area (Å²) in [6.07, 6.45) is -4.76. The zero-order chi connectivity index (χ0) is 23.1. The number of rotatable bonds is 5. The summed E-state index contributed by atoms with van der Waals surface area (Å²) >= 11 is 13.7. The Morgan fingerprint density at radius 1 is 1.22 bits per heavy atom. The van der Waals surface area contributed by atoms with Crippen molar-refractivity contribution in [1.29, 1.82) is 0 Å². The summed E-state index contributed by atoms with van der Waals surface area (Å²) in [4.78, 5) is 17.7. The maximum atomic E-state index is 14.2. The van der Waals surface area contributed by atoms with Crippen LogP contribution in [0.25, 0.3) is 0 Å². The van der Waals surface area contributed by atoms with Gasteiger partial charge in [-0.05, 0) is 47.9 Å². The van der Waals surface area contributed by atoms with Gasteiger partial charge in [-0.3, -0.25) is 4.79 Å². The van der Waals surface area contributed by atoms with Gasteiger partial charge in [0.15, 0.2) is 0 Å². The molecule has 0 bridgehead atoms. The number of carbonyl (C=O) groups is 1. The lowest BCUT2D eigenvalue weighted by atomic mass is 9.86. The lowest BCUT2D eigenvalue weighted by molar-refractivity contribution is -0.275. The molecule has 1 unspecified atom stereocenters. The van der Waals surface area contributed by atoms with E-state index in [1.165, 1.54) is 18.2 Å². The van der Waals surface area contributed by atoms with Gasteiger partial charge >= 0.3 is 6.18 Å². The first-order valence-electron chi connectivity index (χ1n) is 9.93. The third kappa shape index (κ3) is 4.32. The number of hydrogen-bond acceptors (Lipinski definition) is 4. The van der Waals surface area contributed by atoms with Gasteiger partial charge in [-0.25, -0.2) is 0 Å². The zero-order valence-electron chi connectivity index (χ0n) is 16.9. The van der Waals surface area contributed by atoms with Crippen LogP contribution in [-0.2, 0) is 16.9 Å². The number of benzene rings is 2. The Kier molecular flexibility index (Phi) is 6.40. The molecular weight excluding hydrogens is 484 g/mol. The fourth-order valence-electron chi connectivity index (χ4n) is 3.71. The second-order valence-corrected chi connectivity index (χ2v) is 9.67. The van der Waals surface area contributed by atoms with Crippen molar-refractivity contribution in [3.63, 3.8) is 0 Å². The Morgan fingerprint density at radius 2 is 1.91 bits per heavy atom. The third-order valence-electron chi connectivity index (χ3n) is 5.55. The molecular formula is C22H19Cl2F3N2O2S. The van der Waals surface area contributed by atoms with E-state index < -0.39 is 18.2 Å². The first-order chi connectivity index (χ1) is 15.1. The summed E-state index contributed by atoms with van der Waals surface area (Å²) in [5, 5.41) is 6.90. The number of hydrogen-bond donors (Lipinski definition) is 1. The van der Waals surface area contributed by atoms with Gasteiger partial charge in [0.1, 0.15) is 0 Å². The molecule has 1 N–H and O–H groups in total. The smallest absolute Gasteiger partial charge is 0.374 e. The molecule has 0 aromatic heterocycles. The summed E-state index contributed by atoms with van der Waals surface area (Å²) in [6.45, 7) is 1.88. The molecule has 1 amide bonds. The second kappa shape index (κ2) is 8.80. The number of amides is 1. The second-order valence-electron chi connectivity index (χ2n) is 7.72. The lowest BCUT2D eigenvalue weighted by Gasteiger charge is -2.29. The number of nitrogens with one attached hydrogen (secondary N) is 1. The van der Waals surface area contributed by atoms with Gasteiger partial charge in [-0.15, -0.1) is 0 Å². The van der Waals surface area contributed by atoms with Gasteiger partial charge in [0.05, 0.1) is 5.71 Å². The number of aryl methyl sites for hydroxylation is 1. The van der Waals surface area contributed by atoms with Crippen molar-refractivity contribution in [2.24, 2.45) is 5.16 Å². The van der Waals surface area contributed by atoms with E-state index in [1.807, 2.05) is 6.92 Å². The molecule has 0 spiro atoms. The Balaban J connectivity index is 1.64. The maximum Gasteiger partial charge on any atom is 0.435 e. The van der Waals surface area contributed by atoms with Crippen molar-refractivity contribution in [2.75, 3.05) is 11.5 Å². The van der Waals surface area contributed by atoms with E-state index in [0.717, 1.165) is 17.1 Å². The molecule has 1 fully saturated rings. The molecule has 0 radical (unpaired) electrons. The predicted octanol–water partition coefficient (Wildman–Crippen LogP) is 5.98. The molecule has 2 aromatic carbocycles. The highest BCUT2D eigenvalue weighted by Crippen LogP contribution is 2.49. The molecule has 32 heavy (non-hydrogen) atoms. The van der Waals surface area contributed by atoms with Crippen molar-refractivity contribution >= 4 is 46.6 Å². The van der Waals surface area contributed by atoms with Crippen LogP contribution < -0.4 is 5.32 Å². The van der Waals surface area contributed by atoms with E-state index in [0.29, 0.717) is 17.5 Å². The average molecular weight is 503 g/mol. The molecule has 170 valence electrons. The fourth-order valence-corrected chi connectivity index (χ4v) is 4.88. The van der Waals surface area contributed by atoms with Gasteiger partial charge in [0, 0.05) is 45.1 Å². The van der Waals surface area contributed by atoms with Crippen LogP contribution in [0.3, 0.4) is 0 Å². The van der Waals surface area contributed by atoms with Crippen molar-refractivity contribution in [2.45, 2.75) is 37.6 Å². The normalized spacial score (nSPS) is 21.0. The van der Waals surface area contributed by atoms with Crippen LogP contribution in [0.2, 0.25) is 10.0 Å². The summed E-state index contributed by atoms with van der Waals surface area (Å²) < 4.78 is 42.6. The molecule has 2 aliphatic rings. The van der Waals surface area contributed by atoms with Crippen LogP contribution in [0.1, 0.15) is 40.4 Å². The highest BCUT2D eigenvalue weighted by atomic mass is 35.5. The molecule has 1 saturated heterocycles. The van der Waals surface area contributed by atoms with Gasteiger partial charge in [0.2, 0.25) is 0 Å². The molecule has 10 heteroatoms. The van der Waals surface area contributed by atoms with E-state index in [9.17, 15) is 18.0 Å². The Hall–Kier alpha value is -1.90. The number of thioether (sulfide) groups is 1. The summed E-state index contributed by atoms with van der Waals surface area (Å²) in [5.41, 5.74) is -1.07. The highest BCUT2D eigenvalue weighted by molar-refractivity contribution is 8.00. The number of carbonyl (C=O) groups excluding carboxylic acids is 1. The number of halogens is 5. The predicted molar refractivity (Wildman–Crippen MR) is 121 cm³/mol. The highest BCUT2D eigenvalue weighted by Gasteiger charge is 2.62. The monoisotopic (exact) mass is 502 g/mol. The van der Waals surface area contributed by atoms with Crippen molar-refractivity contribution in [3.8, 4) is 0 Å². The van der Waals surface area contributed by atoms with Gasteiger partial charge in [-0.2, -0.15) is 24.9 Å². The topological polar surface area (TPSA) is 50.7 Å². The maximum absolute atomic E-state index is 14.2. The van der Waals surface area contributed by atoms with Gasteiger partial charge in [0.25, 0.3) is 11.5 Å². The van der Waals surface area contributed by atoms with Crippen LogP contribution in [0.4, 0.5) is 13.2 Å². The largest absolute Gasteiger partial charge is 0.435 e. The van der Waals surface area contributed by atoms with E-state index >= 15 is 0 Å². The van der Waals surface area contributed by atoms with Gasteiger partial charge in [-0.1, -0.05) is 41.3 Å². The molecule has 4 nitrogen and oxygen atoms in total. The van der Waals surface area contributed by atoms with Crippen molar-refractivity contribution in [1.82, 2.24) is 5.32 Å². The minimum Gasteiger partial charge on any atom is -0.374 e. The average Bonchev–Trinajstić information content (AvgIpc) is 3.16. The molecule has 4 rings (SSSR count). The number of nitrogens with zero attached hydrogens (tertiary/aromatic N) is 1. The third-order valence-corrected chi connectivity index (χ3v) is 7.26. The molecule has 0 aliphatic carbocycles. The van der Waals surface area contributed by atoms with Crippen LogP contribution in [0, 0.1) is 0 Å². The SMILES string of the molecule is CCc1cc(C2=NOC(c3cc(Cl)cc(Cl)c3)(C(F)(F)F)C2)ccc1C(=O)NC1CSC1. The number of alkyl halides is 3. The first-order valence-corrected chi connectivity index (χ1v) is 11.8. The van der Waals surface area contributed by atoms with Crippen molar-refractivity contribution in [3.05, 3.63) is 68.7 Å². The first kappa shape index (κ1) is 23.3. The van der Waals surface area contributed by atoms with E-state index in [4.69, 9.17) is 28.0 Å². The van der Waals surface area contributed by atoms with E-state index in [2.05, 4.69) is 10.5 Å². The standard InChI is InChI=1S/C22H19Cl2F3N2O2S/c1-2-12-5-13(3-4-18(12)20(30)28-17-10-32-11-17)19-9-21(31-29-19,22(25,26)27)14-6-15(23)8-16(24)7-14/h3-8,17H,2,9-11H2,1H3,(H,28,30).